The van der Waals surface area contributed by atoms with Crippen molar-refractivity contribution in [1.29, 1.82) is 0 Å². The van der Waals surface area contributed by atoms with Crippen LogP contribution in [0.15, 0.2) is 48.5 Å². The van der Waals surface area contributed by atoms with Gasteiger partial charge in [-0.2, -0.15) is 0 Å². The van der Waals surface area contributed by atoms with Crippen molar-refractivity contribution >= 4 is 22.6 Å². The molecule has 2 heterocycles. The molecule has 152 valence electrons. The Morgan fingerprint density at radius 1 is 1.14 bits per heavy atom. The Hall–Kier alpha value is -2.82. The molecule has 5 heteroatoms. The highest BCUT2D eigenvalue weighted by Gasteiger charge is 2.36. The number of rotatable bonds is 7. The summed E-state index contributed by atoms with van der Waals surface area (Å²) in [5.41, 5.74) is 3.02. The van der Waals surface area contributed by atoms with Gasteiger partial charge in [0.2, 0.25) is 5.91 Å². The second-order valence-electron chi connectivity index (χ2n) is 7.89. The first-order valence-electron chi connectivity index (χ1n) is 10.6. The van der Waals surface area contributed by atoms with Crippen LogP contribution in [0.4, 0.5) is 5.69 Å². The third-order valence-electron chi connectivity index (χ3n) is 5.82. The van der Waals surface area contributed by atoms with Crippen molar-refractivity contribution < 1.29 is 9.53 Å². The number of benzene rings is 2. The summed E-state index contributed by atoms with van der Waals surface area (Å²) in [5.74, 6) is 2.55. The van der Waals surface area contributed by atoms with E-state index >= 15 is 0 Å². The van der Waals surface area contributed by atoms with Gasteiger partial charge >= 0.3 is 0 Å². The minimum absolute atomic E-state index is 0.0774. The molecule has 0 aliphatic carbocycles. The van der Waals surface area contributed by atoms with Crippen LogP contribution in [0.1, 0.15) is 45.4 Å². The number of ether oxygens (including phenoxy) is 1. The molecule has 2 atom stereocenters. The minimum Gasteiger partial charge on any atom is -0.492 e. The van der Waals surface area contributed by atoms with Gasteiger partial charge in [0.05, 0.1) is 23.3 Å². The van der Waals surface area contributed by atoms with E-state index in [-0.39, 0.29) is 11.8 Å². The number of anilines is 1. The van der Waals surface area contributed by atoms with Crippen molar-refractivity contribution in [3.63, 3.8) is 0 Å². The van der Waals surface area contributed by atoms with Gasteiger partial charge in [0, 0.05) is 25.4 Å². The SMILES string of the molecule is CCOc1ccccc1N1CC(c2nc3ccccc3n2CC(C)CC)CC1=O. The lowest BCUT2D eigenvalue weighted by atomic mass is 10.1. The molecule has 4 rings (SSSR count). The Bertz CT molecular complexity index is 1010. The summed E-state index contributed by atoms with van der Waals surface area (Å²) in [6, 6.07) is 16.1. The van der Waals surface area contributed by atoms with Gasteiger partial charge in [0.25, 0.3) is 0 Å². The first kappa shape index (κ1) is 19.5. The highest BCUT2D eigenvalue weighted by molar-refractivity contribution is 5.97. The number of carbonyl (C=O) groups excluding carboxylic acids is 1. The Morgan fingerprint density at radius 3 is 2.69 bits per heavy atom. The first-order valence-corrected chi connectivity index (χ1v) is 10.6. The van der Waals surface area contributed by atoms with Crippen LogP contribution in [0.2, 0.25) is 0 Å². The van der Waals surface area contributed by atoms with Gasteiger partial charge in [-0.3, -0.25) is 4.79 Å². The van der Waals surface area contributed by atoms with Gasteiger partial charge in [0.15, 0.2) is 0 Å². The second-order valence-corrected chi connectivity index (χ2v) is 7.89. The third kappa shape index (κ3) is 3.74. The van der Waals surface area contributed by atoms with E-state index in [1.165, 1.54) is 0 Å². The Labute approximate surface area is 172 Å². The van der Waals surface area contributed by atoms with Crippen LogP contribution in [0.5, 0.6) is 5.75 Å². The number of nitrogens with zero attached hydrogens (tertiary/aromatic N) is 3. The lowest BCUT2D eigenvalue weighted by Gasteiger charge is -2.21. The van der Waals surface area contributed by atoms with Gasteiger partial charge in [0.1, 0.15) is 11.6 Å². The quantitative estimate of drug-likeness (QED) is 0.569. The first-order chi connectivity index (χ1) is 14.1. The normalized spacial score (nSPS) is 17.8. The Kier molecular flexibility index (Phi) is 5.56. The minimum atomic E-state index is 0.0774. The zero-order valence-electron chi connectivity index (χ0n) is 17.5. The highest BCUT2D eigenvalue weighted by atomic mass is 16.5. The molecular weight excluding hydrogens is 362 g/mol. The van der Waals surface area contributed by atoms with Crippen molar-refractivity contribution in [3.05, 3.63) is 54.4 Å². The van der Waals surface area contributed by atoms with Gasteiger partial charge < -0.3 is 14.2 Å². The zero-order chi connectivity index (χ0) is 20.4. The van der Waals surface area contributed by atoms with Crippen LogP contribution in [0.25, 0.3) is 11.0 Å². The summed E-state index contributed by atoms with van der Waals surface area (Å²) in [5, 5.41) is 0. The molecule has 0 N–H and O–H groups in total. The lowest BCUT2D eigenvalue weighted by Crippen LogP contribution is -2.25. The standard InChI is InChI=1S/C24H29N3O2/c1-4-17(3)15-27-20-11-7-6-10-19(20)25-24(27)18-14-23(28)26(16-18)21-12-8-9-13-22(21)29-5-2/h6-13,17-18H,4-5,14-16H2,1-3H3. The smallest absolute Gasteiger partial charge is 0.227 e. The van der Waals surface area contributed by atoms with Crippen molar-refractivity contribution in [2.45, 2.75) is 46.1 Å². The average Bonchev–Trinajstić information content (AvgIpc) is 3.29. The van der Waals surface area contributed by atoms with Crippen molar-refractivity contribution in [2.75, 3.05) is 18.1 Å². The molecule has 1 aliphatic rings. The fourth-order valence-corrected chi connectivity index (χ4v) is 4.11. The molecule has 2 unspecified atom stereocenters. The van der Waals surface area contributed by atoms with Gasteiger partial charge in [-0.05, 0) is 37.1 Å². The monoisotopic (exact) mass is 391 g/mol. The van der Waals surface area contributed by atoms with Gasteiger partial charge in [-0.15, -0.1) is 0 Å². The maximum atomic E-state index is 13.0. The number of carbonyl (C=O) groups is 1. The number of para-hydroxylation sites is 4. The van der Waals surface area contributed by atoms with E-state index in [1.54, 1.807) is 0 Å². The number of fused-ring (bicyclic) bond motifs is 1. The summed E-state index contributed by atoms with van der Waals surface area (Å²) in [6.07, 6.45) is 1.59. The third-order valence-corrected chi connectivity index (χ3v) is 5.82. The maximum Gasteiger partial charge on any atom is 0.227 e. The summed E-state index contributed by atoms with van der Waals surface area (Å²) >= 11 is 0. The summed E-state index contributed by atoms with van der Waals surface area (Å²) in [7, 11) is 0. The van der Waals surface area contributed by atoms with Crippen LogP contribution in [0.3, 0.4) is 0 Å². The predicted molar refractivity (Wildman–Crippen MR) is 117 cm³/mol. The highest BCUT2D eigenvalue weighted by Crippen LogP contribution is 2.37. The lowest BCUT2D eigenvalue weighted by molar-refractivity contribution is -0.117. The second kappa shape index (κ2) is 8.27. The van der Waals surface area contributed by atoms with E-state index in [0.717, 1.165) is 41.3 Å². The van der Waals surface area contributed by atoms with Gasteiger partial charge in [-0.1, -0.05) is 44.5 Å². The molecule has 0 bridgehead atoms. The van der Waals surface area contributed by atoms with Crippen LogP contribution in [-0.4, -0.2) is 28.6 Å². The van der Waals surface area contributed by atoms with Crippen molar-refractivity contribution in [1.82, 2.24) is 9.55 Å². The molecule has 0 saturated carbocycles. The number of imidazole rings is 1. The number of hydrogen-bond acceptors (Lipinski definition) is 3. The maximum absolute atomic E-state index is 13.0. The molecule has 1 fully saturated rings. The topological polar surface area (TPSA) is 47.4 Å². The van der Waals surface area contributed by atoms with E-state index in [4.69, 9.17) is 9.72 Å². The largest absolute Gasteiger partial charge is 0.492 e. The summed E-state index contributed by atoms with van der Waals surface area (Å²) < 4.78 is 8.10. The zero-order valence-corrected chi connectivity index (χ0v) is 17.5. The molecule has 1 amide bonds. The number of aromatic nitrogens is 2. The van der Waals surface area contributed by atoms with Crippen molar-refractivity contribution in [2.24, 2.45) is 5.92 Å². The molecule has 1 aliphatic heterocycles. The van der Waals surface area contributed by atoms with Crippen LogP contribution >= 0.6 is 0 Å². The molecule has 5 nitrogen and oxygen atoms in total. The van der Waals surface area contributed by atoms with E-state index in [2.05, 4.69) is 36.6 Å². The summed E-state index contributed by atoms with van der Waals surface area (Å²) in [4.78, 5) is 19.8. The van der Waals surface area contributed by atoms with E-state index < -0.39 is 0 Å². The fourth-order valence-electron chi connectivity index (χ4n) is 4.11. The molecule has 1 aromatic heterocycles. The van der Waals surface area contributed by atoms with Crippen molar-refractivity contribution in [3.8, 4) is 5.75 Å². The number of amides is 1. The van der Waals surface area contributed by atoms with E-state index in [1.807, 2.05) is 42.2 Å². The molecule has 2 aromatic carbocycles. The number of hydrogen-bond donors (Lipinski definition) is 0. The molecule has 0 spiro atoms. The summed E-state index contributed by atoms with van der Waals surface area (Å²) in [6.45, 7) is 8.58. The molecule has 0 radical (unpaired) electrons. The molecular formula is C24H29N3O2. The molecule has 1 saturated heterocycles. The Balaban J connectivity index is 1.69. The van der Waals surface area contributed by atoms with Crippen LogP contribution < -0.4 is 9.64 Å². The van der Waals surface area contributed by atoms with Crippen LogP contribution in [0, 0.1) is 5.92 Å². The van der Waals surface area contributed by atoms with E-state index in [0.29, 0.717) is 25.5 Å². The van der Waals surface area contributed by atoms with Crippen LogP contribution in [-0.2, 0) is 11.3 Å². The van der Waals surface area contributed by atoms with E-state index in [9.17, 15) is 4.79 Å². The Morgan fingerprint density at radius 2 is 1.90 bits per heavy atom. The fraction of sp³-hybridized carbons (Fsp3) is 0.417. The molecule has 29 heavy (non-hydrogen) atoms. The van der Waals surface area contributed by atoms with Gasteiger partial charge in [-0.25, -0.2) is 4.98 Å². The predicted octanol–water partition coefficient (Wildman–Crippen LogP) is 5.00. The molecule has 3 aromatic rings. The average molecular weight is 392 g/mol.